The van der Waals surface area contributed by atoms with E-state index in [1.807, 2.05) is 0 Å². The van der Waals surface area contributed by atoms with E-state index in [9.17, 15) is 35.6 Å². The van der Waals surface area contributed by atoms with Crippen LogP contribution < -0.4 is 15.4 Å². The number of carbonyl (C=O) groups is 2. The van der Waals surface area contributed by atoms with E-state index in [1.165, 1.54) is 24.1 Å². The number of anilines is 1. The molecule has 9 nitrogen and oxygen atoms in total. The molecule has 218 valence electrons. The van der Waals surface area contributed by atoms with Gasteiger partial charge in [0.05, 0.1) is 17.6 Å². The van der Waals surface area contributed by atoms with Crippen molar-refractivity contribution in [2.24, 2.45) is 0 Å². The van der Waals surface area contributed by atoms with Crippen molar-refractivity contribution in [1.82, 2.24) is 14.5 Å². The molecule has 3 aromatic carbocycles. The predicted octanol–water partition coefficient (Wildman–Crippen LogP) is 4.08. The first-order valence-corrected chi connectivity index (χ1v) is 13.7. The van der Waals surface area contributed by atoms with Crippen LogP contribution in [0.4, 0.5) is 28.0 Å². The standard InChI is InChI=1S/C27H26F4N4O5S/c1-40-22-4-2-3-18(15-22)16-32-25(36)24-17-34(26(37)33-21-9-7-20(28)8-10-21)13-14-35(24)41(38,39)23-11-5-19(6-12-23)27(29,30)31/h2-12,15,24H,13-14,16-17H2,1H3,(H,32,36)(H,33,37). The lowest BCUT2D eigenvalue weighted by Crippen LogP contribution is -2.61. The number of rotatable bonds is 7. The van der Waals surface area contributed by atoms with E-state index in [4.69, 9.17) is 4.74 Å². The molecule has 1 aliphatic heterocycles. The van der Waals surface area contributed by atoms with Crippen molar-refractivity contribution in [3.8, 4) is 5.75 Å². The van der Waals surface area contributed by atoms with Gasteiger partial charge in [0.1, 0.15) is 17.6 Å². The number of piperazine rings is 1. The molecule has 0 bridgehead atoms. The lowest BCUT2D eigenvalue weighted by Gasteiger charge is -2.39. The zero-order valence-corrected chi connectivity index (χ0v) is 22.5. The Morgan fingerprint density at radius 1 is 1.00 bits per heavy atom. The Balaban J connectivity index is 1.57. The molecule has 0 aromatic heterocycles. The van der Waals surface area contributed by atoms with Crippen LogP contribution >= 0.6 is 0 Å². The normalized spacial score (nSPS) is 16.2. The number of carbonyl (C=O) groups excluding carboxylic acids is 2. The smallest absolute Gasteiger partial charge is 0.416 e. The maximum absolute atomic E-state index is 13.5. The van der Waals surface area contributed by atoms with E-state index in [-0.39, 0.29) is 31.9 Å². The Kier molecular flexibility index (Phi) is 8.83. The highest BCUT2D eigenvalue weighted by molar-refractivity contribution is 7.89. The molecule has 1 atom stereocenters. The Morgan fingerprint density at radius 2 is 1.68 bits per heavy atom. The second-order valence-electron chi connectivity index (χ2n) is 9.11. The minimum Gasteiger partial charge on any atom is -0.497 e. The van der Waals surface area contributed by atoms with E-state index >= 15 is 0 Å². The summed E-state index contributed by atoms with van der Waals surface area (Å²) in [5.41, 5.74) is -0.0712. The molecule has 3 aromatic rings. The first kappa shape index (κ1) is 29.8. The number of amides is 3. The number of hydrogen-bond donors (Lipinski definition) is 2. The van der Waals surface area contributed by atoms with Crippen molar-refractivity contribution in [1.29, 1.82) is 0 Å². The van der Waals surface area contributed by atoms with E-state index in [0.29, 0.717) is 23.4 Å². The van der Waals surface area contributed by atoms with Crippen LogP contribution in [0.25, 0.3) is 0 Å². The van der Waals surface area contributed by atoms with E-state index in [2.05, 4.69) is 10.6 Å². The Bertz CT molecular complexity index is 1500. The topological polar surface area (TPSA) is 108 Å². The molecule has 1 fully saturated rings. The summed E-state index contributed by atoms with van der Waals surface area (Å²) in [6, 6.07) is 12.7. The largest absolute Gasteiger partial charge is 0.497 e. The lowest BCUT2D eigenvalue weighted by molar-refractivity contribution is -0.137. The van der Waals surface area contributed by atoms with Crippen LogP contribution in [0.1, 0.15) is 11.1 Å². The second-order valence-corrected chi connectivity index (χ2v) is 11.0. The lowest BCUT2D eigenvalue weighted by atomic mass is 10.1. The molecule has 1 saturated heterocycles. The number of benzene rings is 3. The van der Waals surface area contributed by atoms with Crippen molar-refractivity contribution in [3.63, 3.8) is 0 Å². The van der Waals surface area contributed by atoms with E-state index < -0.39 is 50.5 Å². The van der Waals surface area contributed by atoms with Gasteiger partial charge in [-0.3, -0.25) is 4.79 Å². The maximum Gasteiger partial charge on any atom is 0.416 e. The van der Waals surface area contributed by atoms with Crippen molar-refractivity contribution >= 4 is 27.6 Å². The summed E-state index contributed by atoms with van der Waals surface area (Å²) < 4.78 is 85.4. The zero-order valence-electron chi connectivity index (χ0n) is 21.7. The molecular formula is C27H26F4N4O5S. The molecule has 1 heterocycles. The van der Waals surface area contributed by atoms with Crippen LogP contribution in [0.5, 0.6) is 5.75 Å². The molecular weight excluding hydrogens is 568 g/mol. The Morgan fingerprint density at radius 3 is 2.32 bits per heavy atom. The summed E-state index contributed by atoms with van der Waals surface area (Å²) in [5, 5.41) is 5.24. The van der Waals surface area contributed by atoms with Crippen LogP contribution in [-0.2, 0) is 27.5 Å². The average molecular weight is 595 g/mol. The van der Waals surface area contributed by atoms with Crippen molar-refractivity contribution < 1.29 is 40.3 Å². The van der Waals surface area contributed by atoms with Gasteiger partial charge in [-0.2, -0.15) is 17.5 Å². The first-order valence-electron chi connectivity index (χ1n) is 12.3. The van der Waals surface area contributed by atoms with Gasteiger partial charge in [-0.1, -0.05) is 12.1 Å². The van der Waals surface area contributed by atoms with Crippen molar-refractivity contribution in [2.75, 3.05) is 32.1 Å². The summed E-state index contributed by atoms with van der Waals surface area (Å²) in [7, 11) is -2.96. The van der Waals surface area contributed by atoms with Crippen LogP contribution in [0.3, 0.4) is 0 Å². The molecule has 2 N–H and O–H groups in total. The highest BCUT2D eigenvalue weighted by Crippen LogP contribution is 2.31. The number of hydrogen-bond acceptors (Lipinski definition) is 5. The first-order chi connectivity index (χ1) is 19.4. The minimum atomic E-state index is -4.66. The van der Waals surface area contributed by atoms with Crippen LogP contribution in [0.15, 0.2) is 77.7 Å². The average Bonchev–Trinajstić information content (AvgIpc) is 2.96. The number of ether oxygens (including phenoxy) is 1. The summed E-state index contributed by atoms with van der Waals surface area (Å²) in [4.78, 5) is 27.1. The van der Waals surface area contributed by atoms with Gasteiger partial charge in [0.15, 0.2) is 0 Å². The van der Waals surface area contributed by atoms with Crippen LogP contribution in [-0.4, -0.2) is 62.3 Å². The quantitative estimate of drug-likeness (QED) is 0.401. The number of methoxy groups -OCH3 is 1. The molecule has 4 rings (SSSR count). The number of nitrogens with zero attached hydrogens (tertiary/aromatic N) is 2. The van der Waals surface area contributed by atoms with Gasteiger partial charge in [-0.05, 0) is 66.2 Å². The number of halogens is 4. The predicted molar refractivity (Wildman–Crippen MR) is 141 cm³/mol. The summed E-state index contributed by atoms with van der Waals surface area (Å²) in [6.45, 7) is -0.761. The molecule has 0 aliphatic carbocycles. The third-order valence-corrected chi connectivity index (χ3v) is 8.33. The number of sulfonamides is 1. The minimum absolute atomic E-state index is 0.0163. The Labute approximate surface area is 233 Å². The highest BCUT2D eigenvalue weighted by atomic mass is 32.2. The van der Waals surface area contributed by atoms with Gasteiger partial charge < -0.3 is 20.3 Å². The van der Waals surface area contributed by atoms with Gasteiger partial charge in [-0.25, -0.2) is 17.6 Å². The van der Waals surface area contributed by atoms with Gasteiger partial charge in [0.25, 0.3) is 0 Å². The van der Waals surface area contributed by atoms with E-state index in [1.54, 1.807) is 24.3 Å². The fourth-order valence-electron chi connectivity index (χ4n) is 4.23. The van der Waals surface area contributed by atoms with Gasteiger partial charge in [-0.15, -0.1) is 0 Å². The zero-order chi connectivity index (χ0) is 29.8. The summed E-state index contributed by atoms with van der Waals surface area (Å²) in [5.74, 6) is -0.676. The van der Waals surface area contributed by atoms with Gasteiger partial charge in [0.2, 0.25) is 15.9 Å². The number of nitrogens with one attached hydrogen (secondary N) is 2. The van der Waals surface area contributed by atoms with Crippen molar-refractivity contribution in [2.45, 2.75) is 23.7 Å². The SMILES string of the molecule is COc1cccc(CNC(=O)C2CN(C(=O)Nc3ccc(F)cc3)CCN2S(=O)(=O)c2ccc(C(F)(F)F)cc2)c1. The summed E-state index contributed by atoms with van der Waals surface area (Å²) in [6.07, 6.45) is -4.66. The number of alkyl halides is 3. The molecule has 0 saturated carbocycles. The summed E-state index contributed by atoms with van der Waals surface area (Å²) >= 11 is 0. The number of urea groups is 1. The molecule has 1 unspecified atom stereocenters. The van der Waals surface area contributed by atoms with Gasteiger partial charge >= 0.3 is 12.2 Å². The third kappa shape index (κ3) is 7.13. The van der Waals surface area contributed by atoms with Crippen LogP contribution in [0, 0.1) is 5.82 Å². The molecule has 0 radical (unpaired) electrons. The highest BCUT2D eigenvalue weighted by Gasteiger charge is 2.41. The second kappa shape index (κ2) is 12.1. The van der Waals surface area contributed by atoms with Crippen molar-refractivity contribution in [3.05, 3.63) is 89.7 Å². The Hall–Kier alpha value is -4.17. The third-order valence-electron chi connectivity index (χ3n) is 6.41. The molecule has 14 heteroatoms. The fourth-order valence-corrected chi connectivity index (χ4v) is 5.80. The monoisotopic (exact) mass is 594 g/mol. The van der Waals surface area contributed by atoms with Gasteiger partial charge in [0, 0.05) is 31.9 Å². The molecule has 1 aliphatic rings. The molecule has 0 spiro atoms. The fraction of sp³-hybridized carbons (Fsp3) is 0.259. The molecule has 3 amide bonds. The molecule has 41 heavy (non-hydrogen) atoms. The van der Waals surface area contributed by atoms with E-state index in [0.717, 1.165) is 28.6 Å². The van der Waals surface area contributed by atoms with Crippen LogP contribution in [0.2, 0.25) is 0 Å². The maximum atomic E-state index is 13.5.